The summed E-state index contributed by atoms with van der Waals surface area (Å²) in [4.78, 5) is 14.7. The molecule has 1 fully saturated rings. The number of carbonyl (C=O) groups excluding carboxylic acids is 1. The molecule has 1 saturated heterocycles. The summed E-state index contributed by atoms with van der Waals surface area (Å²) in [7, 11) is 0. The Morgan fingerprint density at radius 2 is 2.20 bits per heavy atom. The molecule has 1 heterocycles. The van der Waals surface area contributed by atoms with Crippen LogP contribution in [-0.4, -0.2) is 36.5 Å². The number of hydrogen-bond donors (Lipinski definition) is 1. The lowest BCUT2D eigenvalue weighted by atomic mass is 10.0. The Labute approximate surface area is 129 Å². The molecule has 1 aliphatic heterocycles. The average Bonchev–Trinajstić information content (AvgIpc) is 2.48. The van der Waals surface area contributed by atoms with Crippen molar-refractivity contribution in [3.63, 3.8) is 0 Å². The number of benzene rings is 1. The topological polar surface area (TPSA) is 32.3 Å². The van der Waals surface area contributed by atoms with Crippen molar-refractivity contribution in [1.29, 1.82) is 0 Å². The molecule has 20 heavy (non-hydrogen) atoms. The normalized spacial score (nSPS) is 18.8. The molecule has 0 spiro atoms. The first-order chi connectivity index (χ1) is 9.72. The largest absolute Gasteiger partial charge is 0.337 e. The van der Waals surface area contributed by atoms with E-state index in [0.717, 1.165) is 36.1 Å². The molecule has 0 aromatic heterocycles. The fourth-order valence-corrected chi connectivity index (χ4v) is 3.15. The van der Waals surface area contributed by atoms with Gasteiger partial charge >= 0.3 is 0 Å². The van der Waals surface area contributed by atoms with Gasteiger partial charge in [-0.3, -0.25) is 4.79 Å². The molecule has 3 nitrogen and oxygen atoms in total. The number of hydrogen-bond acceptors (Lipinski definition) is 2. The van der Waals surface area contributed by atoms with Crippen LogP contribution in [0.3, 0.4) is 0 Å². The van der Waals surface area contributed by atoms with Gasteiger partial charge in [0, 0.05) is 23.6 Å². The van der Waals surface area contributed by atoms with Gasteiger partial charge in [-0.15, -0.1) is 0 Å². The molecule has 0 saturated carbocycles. The number of halogens is 1. The summed E-state index contributed by atoms with van der Waals surface area (Å²) >= 11 is 3.48. The Morgan fingerprint density at radius 3 is 2.85 bits per heavy atom. The van der Waals surface area contributed by atoms with Crippen molar-refractivity contribution in [3.8, 4) is 0 Å². The first kappa shape index (κ1) is 15.5. The molecule has 1 aromatic rings. The van der Waals surface area contributed by atoms with Gasteiger partial charge in [-0.2, -0.15) is 0 Å². The van der Waals surface area contributed by atoms with Gasteiger partial charge in [-0.1, -0.05) is 25.5 Å². The van der Waals surface area contributed by atoms with Crippen molar-refractivity contribution >= 4 is 21.8 Å². The monoisotopic (exact) mass is 338 g/mol. The lowest BCUT2D eigenvalue weighted by Gasteiger charge is -2.30. The molecule has 1 atom stereocenters. The van der Waals surface area contributed by atoms with Gasteiger partial charge in [0.05, 0.1) is 5.56 Å². The average molecular weight is 339 g/mol. The third-order valence-corrected chi connectivity index (χ3v) is 4.43. The SMILES string of the molecule is CCCN(CC1CCCCN1)C(=O)c1ccccc1Br. The van der Waals surface area contributed by atoms with Crippen LogP contribution in [0.15, 0.2) is 28.7 Å². The summed E-state index contributed by atoms with van der Waals surface area (Å²) in [5.74, 6) is 0.131. The Hall–Kier alpha value is -0.870. The van der Waals surface area contributed by atoms with Gasteiger partial charge in [0.25, 0.3) is 5.91 Å². The van der Waals surface area contributed by atoms with Crippen molar-refractivity contribution < 1.29 is 4.79 Å². The van der Waals surface area contributed by atoms with Gasteiger partial charge in [0.15, 0.2) is 0 Å². The predicted molar refractivity (Wildman–Crippen MR) is 86.0 cm³/mol. The maximum absolute atomic E-state index is 12.7. The highest BCUT2D eigenvalue weighted by Gasteiger charge is 2.22. The van der Waals surface area contributed by atoms with Crippen molar-refractivity contribution in [2.75, 3.05) is 19.6 Å². The third kappa shape index (κ3) is 4.06. The Kier molecular flexibility index (Phi) is 6.05. The highest BCUT2D eigenvalue weighted by molar-refractivity contribution is 9.10. The molecule has 1 N–H and O–H groups in total. The Morgan fingerprint density at radius 1 is 1.40 bits per heavy atom. The molecular weight excluding hydrogens is 316 g/mol. The van der Waals surface area contributed by atoms with Gasteiger partial charge in [-0.05, 0) is 53.9 Å². The van der Waals surface area contributed by atoms with Gasteiger partial charge in [-0.25, -0.2) is 0 Å². The zero-order chi connectivity index (χ0) is 14.4. The fourth-order valence-electron chi connectivity index (χ4n) is 2.70. The molecule has 2 rings (SSSR count). The van der Waals surface area contributed by atoms with Crippen LogP contribution in [0.2, 0.25) is 0 Å². The molecule has 0 aliphatic carbocycles. The van der Waals surface area contributed by atoms with E-state index < -0.39 is 0 Å². The van der Waals surface area contributed by atoms with E-state index in [2.05, 4.69) is 28.2 Å². The smallest absolute Gasteiger partial charge is 0.255 e. The minimum atomic E-state index is 0.131. The van der Waals surface area contributed by atoms with Crippen LogP contribution in [0.5, 0.6) is 0 Å². The summed E-state index contributed by atoms with van der Waals surface area (Å²) in [6.07, 6.45) is 4.68. The first-order valence-corrected chi connectivity index (χ1v) is 8.29. The Bertz CT molecular complexity index is 444. The van der Waals surface area contributed by atoms with E-state index in [1.54, 1.807) is 0 Å². The van der Waals surface area contributed by atoms with Crippen LogP contribution < -0.4 is 5.32 Å². The van der Waals surface area contributed by atoms with Crippen molar-refractivity contribution in [3.05, 3.63) is 34.3 Å². The van der Waals surface area contributed by atoms with Crippen molar-refractivity contribution in [1.82, 2.24) is 10.2 Å². The van der Waals surface area contributed by atoms with Gasteiger partial charge in [0.2, 0.25) is 0 Å². The highest BCUT2D eigenvalue weighted by Crippen LogP contribution is 2.19. The summed E-state index contributed by atoms with van der Waals surface area (Å²) in [6.45, 7) is 4.83. The lowest BCUT2D eigenvalue weighted by Crippen LogP contribution is -2.46. The Balaban J connectivity index is 2.07. The number of piperidine rings is 1. The van der Waals surface area contributed by atoms with Crippen molar-refractivity contribution in [2.45, 2.75) is 38.6 Å². The van der Waals surface area contributed by atoms with E-state index in [9.17, 15) is 4.79 Å². The second-order valence-corrected chi connectivity index (χ2v) is 6.23. The summed E-state index contributed by atoms with van der Waals surface area (Å²) < 4.78 is 0.878. The number of carbonyl (C=O) groups is 1. The van der Waals surface area contributed by atoms with Crippen LogP contribution in [0.4, 0.5) is 0 Å². The summed E-state index contributed by atoms with van der Waals surface area (Å²) in [5.41, 5.74) is 0.761. The number of nitrogens with zero attached hydrogens (tertiary/aromatic N) is 1. The van der Waals surface area contributed by atoms with E-state index in [-0.39, 0.29) is 5.91 Å². The first-order valence-electron chi connectivity index (χ1n) is 7.49. The van der Waals surface area contributed by atoms with Crippen molar-refractivity contribution in [2.24, 2.45) is 0 Å². The molecule has 1 amide bonds. The highest BCUT2D eigenvalue weighted by atomic mass is 79.9. The summed E-state index contributed by atoms with van der Waals surface area (Å²) in [6, 6.07) is 8.12. The molecule has 110 valence electrons. The fraction of sp³-hybridized carbons (Fsp3) is 0.562. The van der Waals surface area contributed by atoms with Crippen LogP contribution in [-0.2, 0) is 0 Å². The maximum atomic E-state index is 12.7. The molecule has 0 radical (unpaired) electrons. The number of rotatable bonds is 5. The molecule has 1 aromatic carbocycles. The maximum Gasteiger partial charge on any atom is 0.255 e. The molecule has 0 bridgehead atoms. The standard InChI is InChI=1S/C16H23BrN2O/c1-2-11-19(12-13-7-5-6-10-18-13)16(20)14-8-3-4-9-15(14)17/h3-4,8-9,13,18H,2,5-7,10-12H2,1H3. The van der Waals surface area contributed by atoms with Crippen LogP contribution >= 0.6 is 15.9 Å². The quantitative estimate of drug-likeness (QED) is 0.891. The zero-order valence-electron chi connectivity index (χ0n) is 12.1. The minimum Gasteiger partial charge on any atom is -0.337 e. The van der Waals surface area contributed by atoms with E-state index in [0.29, 0.717) is 6.04 Å². The second kappa shape index (κ2) is 7.79. The van der Waals surface area contributed by atoms with Gasteiger partial charge < -0.3 is 10.2 Å². The van der Waals surface area contributed by atoms with Crippen LogP contribution in [0.1, 0.15) is 43.0 Å². The minimum absolute atomic E-state index is 0.131. The second-order valence-electron chi connectivity index (χ2n) is 5.38. The zero-order valence-corrected chi connectivity index (χ0v) is 13.7. The number of nitrogens with one attached hydrogen (secondary N) is 1. The molecule has 1 unspecified atom stereocenters. The molecular formula is C16H23BrN2O. The lowest BCUT2D eigenvalue weighted by molar-refractivity contribution is 0.0731. The van der Waals surface area contributed by atoms with Crippen LogP contribution in [0, 0.1) is 0 Å². The number of amides is 1. The van der Waals surface area contributed by atoms with Crippen LogP contribution in [0.25, 0.3) is 0 Å². The van der Waals surface area contributed by atoms with E-state index in [1.165, 1.54) is 19.3 Å². The third-order valence-electron chi connectivity index (χ3n) is 3.74. The van der Waals surface area contributed by atoms with E-state index >= 15 is 0 Å². The van der Waals surface area contributed by atoms with E-state index in [1.807, 2.05) is 29.2 Å². The summed E-state index contributed by atoms with van der Waals surface area (Å²) in [5, 5.41) is 3.52. The molecule has 1 aliphatic rings. The van der Waals surface area contributed by atoms with Gasteiger partial charge in [0.1, 0.15) is 0 Å². The van der Waals surface area contributed by atoms with E-state index in [4.69, 9.17) is 0 Å². The predicted octanol–water partition coefficient (Wildman–Crippen LogP) is 3.44. The molecule has 4 heteroatoms.